The van der Waals surface area contributed by atoms with Crippen LogP contribution in [0.15, 0.2) is 42.5 Å². The fourth-order valence-electron chi connectivity index (χ4n) is 5.37. The van der Waals surface area contributed by atoms with Crippen LogP contribution in [0.3, 0.4) is 0 Å². The minimum Gasteiger partial charge on any atom is -0.366 e. The average molecular weight is 406 g/mol. The summed E-state index contributed by atoms with van der Waals surface area (Å²) in [6.07, 6.45) is 2.01. The topological polar surface area (TPSA) is 75.4 Å². The molecule has 0 aromatic heterocycles. The van der Waals surface area contributed by atoms with Gasteiger partial charge in [-0.25, -0.2) is 0 Å². The summed E-state index contributed by atoms with van der Waals surface area (Å²) in [4.78, 5) is 28.3. The quantitative estimate of drug-likeness (QED) is 0.695. The fourth-order valence-corrected chi connectivity index (χ4v) is 5.37. The Hall–Kier alpha value is -2.50. The van der Waals surface area contributed by atoms with Gasteiger partial charge in [0.15, 0.2) is 5.78 Å². The molecule has 1 amide bonds. The Morgan fingerprint density at radius 2 is 1.90 bits per heavy atom. The Bertz CT molecular complexity index is 941. The number of amides is 1. The molecule has 2 saturated heterocycles. The summed E-state index contributed by atoms with van der Waals surface area (Å²) in [6.45, 7) is 7.46. The lowest BCUT2D eigenvalue weighted by Crippen LogP contribution is -2.43. The summed E-state index contributed by atoms with van der Waals surface area (Å²) in [5.41, 5.74) is 9.64. The van der Waals surface area contributed by atoms with Crippen molar-refractivity contribution in [3.63, 3.8) is 0 Å². The van der Waals surface area contributed by atoms with Crippen LogP contribution in [0.25, 0.3) is 0 Å². The van der Waals surface area contributed by atoms with Gasteiger partial charge in [0.2, 0.25) is 5.91 Å². The number of hydrogen-bond acceptors (Lipinski definition) is 4. The van der Waals surface area contributed by atoms with Crippen LogP contribution >= 0.6 is 0 Å². The Kier molecular flexibility index (Phi) is 6.02. The molecule has 158 valence electrons. The summed E-state index contributed by atoms with van der Waals surface area (Å²) >= 11 is 0. The number of nitrogens with two attached hydrogens (primary N) is 1. The number of nitrogens with one attached hydrogen (secondary N) is 1. The van der Waals surface area contributed by atoms with Crippen molar-refractivity contribution in [3.05, 3.63) is 70.3 Å². The molecule has 2 heterocycles. The van der Waals surface area contributed by atoms with E-state index in [0.29, 0.717) is 17.0 Å². The molecule has 0 bridgehead atoms. The maximum Gasteiger partial charge on any atom is 0.249 e. The summed E-state index contributed by atoms with van der Waals surface area (Å²) < 4.78 is 0. The van der Waals surface area contributed by atoms with E-state index in [1.807, 2.05) is 26.0 Å². The smallest absolute Gasteiger partial charge is 0.249 e. The third kappa shape index (κ3) is 4.05. The number of nitrogens with zero attached hydrogens (tertiary/aromatic N) is 1. The van der Waals surface area contributed by atoms with E-state index in [-0.39, 0.29) is 17.7 Å². The van der Waals surface area contributed by atoms with E-state index in [9.17, 15) is 9.59 Å². The van der Waals surface area contributed by atoms with Crippen molar-refractivity contribution in [2.75, 3.05) is 26.2 Å². The monoisotopic (exact) mass is 405 g/mol. The third-order valence-electron chi connectivity index (χ3n) is 6.67. The van der Waals surface area contributed by atoms with Gasteiger partial charge in [-0.2, -0.15) is 0 Å². The number of rotatable bonds is 7. The second-order valence-electron chi connectivity index (χ2n) is 8.84. The summed E-state index contributed by atoms with van der Waals surface area (Å²) in [6, 6.07) is 14.0. The molecule has 30 heavy (non-hydrogen) atoms. The molecule has 0 aliphatic carbocycles. The predicted octanol–water partition coefficient (Wildman–Crippen LogP) is 2.74. The summed E-state index contributed by atoms with van der Waals surface area (Å²) in [5, 5.41) is 3.45. The number of carbonyl (C=O) groups is 2. The van der Waals surface area contributed by atoms with E-state index < -0.39 is 5.91 Å². The molecule has 2 fully saturated rings. The highest BCUT2D eigenvalue weighted by Gasteiger charge is 2.48. The zero-order chi connectivity index (χ0) is 21.3. The van der Waals surface area contributed by atoms with Gasteiger partial charge in [0.25, 0.3) is 0 Å². The molecule has 5 nitrogen and oxygen atoms in total. The van der Waals surface area contributed by atoms with Crippen LogP contribution in [0.4, 0.5) is 0 Å². The highest BCUT2D eigenvalue weighted by atomic mass is 16.1. The lowest BCUT2D eigenvalue weighted by atomic mass is 9.85. The van der Waals surface area contributed by atoms with Crippen molar-refractivity contribution in [2.24, 2.45) is 17.6 Å². The normalized spacial score (nSPS) is 23.5. The minimum absolute atomic E-state index is 0.0530. The van der Waals surface area contributed by atoms with Gasteiger partial charge in [-0.15, -0.1) is 0 Å². The van der Waals surface area contributed by atoms with Gasteiger partial charge in [-0.05, 0) is 68.8 Å². The lowest BCUT2D eigenvalue weighted by molar-refractivity contribution is 0.0825. The molecule has 2 aromatic carbocycles. The molecule has 0 radical (unpaired) electrons. The largest absolute Gasteiger partial charge is 0.366 e. The molecule has 3 atom stereocenters. The van der Waals surface area contributed by atoms with Crippen LogP contribution in [0, 0.1) is 25.7 Å². The zero-order valence-corrected chi connectivity index (χ0v) is 17.9. The molecular weight excluding hydrogens is 374 g/mol. The van der Waals surface area contributed by atoms with Crippen molar-refractivity contribution < 1.29 is 9.59 Å². The maximum atomic E-state index is 13.8. The van der Waals surface area contributed by atoms with Crippen LogP contribution in [0.2, 0.25) is 0 Å². The van der Waals surface area contributed by atoms with Crippen molar-refractivity contribution in [2.45, 2.75) is 32.7 Å². The van der Waals surface area contributed by atoms with Gasteiger partial charge < -0.3 is 11.1 Å². The Morgan fingerprint density at radius 3 is 2.63 bits per heavy atom. The Labute approximate surface area is 178 Å². The molecule has 4 rings (SSSR count). The predicted molar refractivity (Wildman–Crippen MR) is 119 cm³/mol. The number of carbonyl (C=O) groups excluding carboxylic acids is 2. The lowest BCUT2D eigenvalue weighted by Gasteiger charge is -2.28. The van der Waals surface area contributed by atoms with E-state index in [4.69, 9.17) is 5.73 Å². The first-order chi connectivity index (χ1) is 14.5. The first-order valence-electron chi connectivity index (χ1n) is 10.9. The molecule has 0 spiro atoms. The Balaban J connectivity index is 1.58. The molecule has 2 aliphatic rings. The first-order valence-corrected chi connectivity index (χ1v) is 10.9. The van der Waals surface area contributed by atoms with E-state index in [1.54, 1.807) is 6.07 Å². The van der Waals surface area contributed by atoms with E-state index in [2.05, 4.69) is 34.5 Å². The van der Waals surface area contributed by atoms with Crippen LogP contribution in [-0.4, -0.2) is 48.8 Å². The molecular formula is C25H31N3O2. The molecule has 0 saturated carbocycles. The summed E-state index contributed by atoms with van der Waals surface area (Å²) in [5.74, 6) is 0.297. The highest BCUT2D eigenvalue weighted by Crippen LogP contribution is 2.36. The van der Waals surface area contributed by atoms with Gasteiger partial charge in [0, 0.05) is 18.7 Å². The number of Topliss-reactive ketones (excluding diaryl/α,β-unsaturated/α-hetero) is 1. The van der Waals surface area contributed by atoms with Crippen molar-refractivity contribution in [1.29, 1.82) is 0 Å². The SMILES string of the molecule is Cc1cc(C)c(C(=O)[C@@H]2[C@@H]3CNCC3CN2CCCc2ccccc2)c(C(N)=O)c1. The number of likely N-dealkylation sites (tertiary alicyclic amines) is 1. The van der Waals surface area contributed by atoms with Crippen LogP contribution in [0.5, 0.6) is 0 Å². The molecule has 2 aromatic rings. The standard InChI is InChI=1S/C25H31N3O2/c1-16-11-17(2)22(20(12-16)25(26)30)24(29)23-21-14-27-13-19(21)15-28(23)10-6-9-18-7-4-3-5-8-18/h3-5,7-8,11-12,19,21,23,27H,6,9-10,13-15H2,1-2H3,(H2,26,30)/t19?,21-,23+/m1/s1. The van der Waals surface area contributed by atoms with Gasteiger partial charge in [0.05, 0.1) is 11.6 Å². The van der Waals surface area contributed by atoms with Gasteiger partial charge >= 0.3 is 0 Å². The molecule has 5 heteroatoms. The number of ketones is 1. The maximum absolute atomic E-state index is 13.8. The first kappa shape index (κ1) is 20.8. The number of primary amides is 1. The van der Waals surface area contributed by atoms with Gasteiger partial charge in [-0.3, -0.25) is 14.5 Å². The van der Waals surface area contributed by atoms with E-state index >= 15 is 0 Å². The number of aryl methyl sites for hydroxylation is 3. The fraction of sp³-hybridized carbons (Fsp3) is 0.440. The second-order valence-corrected chi connectivity index (χ2v) is 8.84. The minimum atomic E-state index is -0.528. The van der Waals surface area contributed by atoms with Gasteiger partial charge in [0.1, 0.15) is 0 Å². The van der Waals surface area contributed by atoms with Crippen LogP contribution in [0.1, 0.15) is 43.8 Å². The molecule has 2 aliphatic heterocycles. The van der Waals surface area contributed by atoms with E-state index in [1.165, 1.54) is 5.56 Å². The van der Waals surface area contributed by atoms with Crippen molar-refractivity contribution in [3.8, 4) is 0 Å². The number of fused-ring (bicyclic) bond motifs is 1. The van der Waals surface area contributed by atoms with Crippen LogP contribution < -0.4 is 11.1 Å². The van der Waals surface area contributed by atoms with E-state index in [0.717, 1.165) is 50.1 Å². The van der Waals surface area contributed by atoms with Gasteiger partial charge in [-0.1, -0.05) is 42.0 Å². The second kappa shape index (κ2) is 8.70. The highest BCUT2D eigenvalue weighted by molar-refractivity contribution is 6.11. The molecule has 3 N–H and O–H groups in total. The third-order valence-corrected chi connectivity index (χ3v) is 6.67. The van der Waals surface area contributed by atoms with Crippen molar-refractivity contribution in [1.82, 2.24) is 10.2 Å². The van der Waals surface area contributed by atoms with Crippen LogP contribution in [-0.2, 0) is 6.42 Å². The van der Waals surface area contributed by atoms with Crippen molar-refractivity contribution >= 4 is 11.7 Å². The molecule has 1 unspecified atom stereocenters. The number of benzene rings is 2. The number of hydrogen-bond donors (Lipinski definition) is 2. The zero-order valence-electron chi connectivity index (χ0n) is 17.9. The Morgan fingerprint density at radius 1 is 1.13 bits per heavy atom. The average Bonchev–Trinajstić information content (AvgIpc) is 3.28. The summed E-state index contributed by atoms with van der Waals surface area (Å²) in [7, 11) is 0.